The lowest BCUT2D eigenvalue weighted by Gasteiger charge is -2.33. The maximum absolute atomic E-state index is 10.1. The zero-order valence-electron chi connectivity index (χ0n) is 12.8. The molecule has 0 aromatic heterocycles. The molecule has 0 radical (unpaired) electrons. The minimum Gasteiger partial charge on any atom is -0.491 e. The van der Waals surface area contributed by atoms with Gasteiger partial charge in [0.25, 0.3) is 0 Å². The summed E-state index contributed by atoms with van der Waals surface area (Å²) in [5.41, 5.74) is 2.35. The van der Waals surface area contributed by atoms with E-state index in [1.807, 2.05) is 19.1 Å². The number of hydrogen-bond acceptors (Lipinski definition) is 4. The molecule has 0 aliphatic carbocycles. The van der Waals surface area contributed by atoms with Gasteiger partial charge in [-0.05, 0) is 32.5 Å². The fraction of sp³-hybridized carbons (Fsp3) is 0.625. The Labute approximate surface area is 122 Å². The van der Waals surface area contributed by atoms with Gasteiger partial charge in [0.1, 0.15) is 18.5 Å². The second kappa shape index (κ2) is 7.07. The van der Waals surface area contributed by atoms with E-state index in [1.165, 1.54) is 5.56 Å². The number of likely N-dealkylation sites (N-methyl/N-ethyl adjacent to an activating group) is 1. The van der Waals surface area contributed by atoms with Gasteiger partial charge in [0, 0.05) is 32.7 Å². The van der Waals surface area contributed by atoms with E-state index in [4.69, 9.17) is 4.74 Å². The van der Waals surface area contributed by atoms with Crippen LogP contribution in [0, 0.1) is 13.8 Å². The van der Waals surface area contributed by atoms with E-state index >= 15 is 0 Å². The summed E-state index contributed by atoms with van der Waals surface area (Å²) < 4.78 is 5.73. The predicted molar refractivity (Wildman–Crippen MR) is 81.4 cm³/mol. The lowest BCUT2D eigenvalue weighted by Crippen LogP contribution is -2.47. The molecule has 4 heteroatoms. The average Bonchev–Trinajstić information content (AvgIpc) is 2.40. The van der Waals surface area contributed by atoms with Crippen LogP contribution in [-0.4, -0.2) is 67.4 Å². The van der Waals surface area contributed by atoms with Crippen molar-refractivity contribution in [2.75, 3.05) is 46.4 Å². The number of aryl methyl sites for hydroxylation is 2. The van der Waals surface area contributed by atoms with Crippen LogP contribution in [0.4, 0.5) is 0 Å². The number of aliphatic hydroxyl groups is 1. The van der Waals surface area contributed by atoms with Gasteiger partial charge in [-0.2, -0.15) is 0 Å². The molecule has 2 rings (SSSR count). The largest absolute Gasteiger partial charge is 0.491 e. The first-order valence-corrected chi connectivity index (χ1v) is 7.33. The second-order valence-electron chi connectivity index (χ2n) is 5.84. The predicted octanol–water partition coefficient (Wildman–Crippen LogP) is 1.29. The molecule has 1 N–H and O–H groups in total. The van der Waals surface area contributed by atoms with Gasteiger partial charge in [-0.1, -0.05) is 17.7 Å². The van der Waals surface area contributed by atoms with Crippen LogP contribution in [0.3, 0.4) is 0 Å². The van der Waals surface area contributed by atoms with Gasteiger partial charge in [-0.3, -0.25) is 4.90 Å². The lowest BCUT2D eigenvalue weighted by atomic mass is 10.1. The van der Waals surface area contributed by atoms with Crippen LogP contribution in [0.25, 0.3) is 0 Å². The van der Waals surface area contributed by atoms with Gasteiger partial charge >= 0.3 is 0 Å². The number of ether oxygens (including phenoxy) is 1. The first-order valence-electron chi connectivity index (χ1n) is 7.33. The molecule has 1 aromatic rings. The Hall–Kier alpha value is -1.10. The van der Waals surface area contributed by atoms with Crippen molar-refractivity contribution in [3.05, 3.63) is 29.3 Å². The van der Waals surface area contributed by atoms with Crippen molar-refractivity contribution >= 4 is 0 Å². The van der Waals surface area contributed by atoms with Crippen LogP contribution >= 0.6 is 0 Å². The second-order valence-corrected chi connectivity index (χ2v) is 5.84. The van der Waals surface area contributed by atoms with Crippen molar-refractivity contribution in [2.45, 2.75) is 20.0 Å². The standard InChI is InChI=1S/C16H26N2O2/c1-13-4-5-16(14(2)10-13)20-12-15(19)11-18-8-6-17(3)7-9-18/h4-5,10,15,19H,6-9,11-12H2,1-3H3/t15-/m0/s1. The summed E-state index contributed by atoms with van der Waals surface area (Å²) in [4.78, 5) is 4.62. The van der Waals surface area contributed by atoms with Gasteiger partial charge in [-0.25, -0.2) is 0 Å². The molecule has 1 saturated heterocycles. The van der Waals surface area contributed by atoms with Crippen molar-refractivity contribution < 1.29 is 9.84 Å². The van der Waals surface area contributed by atoms with Crippen molar-refractivity contribution in [1.82, 2.24) is 9.80 Å². The Morgan fingerprint density at radius 2 is 1.90 bits per heavy atom. The molecule has 20 heavy (non-hydrogen) atoms. The molecule has 0 amide bonds. The molecule has 1 aliphatic heterocycles. The van der Waals surface area contributed by atoms with E-state index in [2.05, 4.69) is 29.8 Å². The normalized spacial score (nSPS) is 19.0. The van der Waals surface area contributed by atoms with E-state index in [9.17, 15) is 5.11 Å². The summed E-state index contributed by atoms with van der Waals surface area (Å²) in [5.74, 6) is 0.869. The summed E-state index contributed by atoms with van der Waals surface area (Å²) in [5, 5.41) is 10.1. The molecule has 1 aromatic carbocycles. The molecule has 0 unspecified atom stereocenters. The van der Waals surface area contributed by atoms with Gasteiger partial charge in [0.05, 0.1) is 0 Å². The number of β-amino-alcohol motifs (C(OH)–C–C–N with tert-alkyl or cyclic N) is 1. The highest BCUT2D eigenvalue weighted by Gasteiger charge is 2.17. The lowest BCUT2D eigenvalue weighted by molar-refractivity contribution is 0.0503. The van der Waals surface area contributed by atoms with E-state index in [0.717, 1.165) is 37.5 Å². The summed E-state index contributed by atoms with van der Waals surface area (Å²) >= 11 is 0. The molecular weight excluding hydrogens is 252 g/mol. The van der Waals surface area contributed by atoms with E-state index in [-0.39, 0.29) is 0 Å². The fourth-order valence-corrected chi connectivity index (χ4v) is 2.53. The minimum absolute atomic E-state index is 0.357. The maximum atomic E-state index is 10.1. The van der Waals surface area contributed by atoms with E-state index < -0.39 is 6.10 Å². The zero-order chi connectivity index (χ0) is 14.5. The summed E-state index contributed by atoms with van der Waals surface area (Å²) in [6.07, 6.45) is -0.431. The van der Waals surface area contributed by atoms with Crippen molar-refractivity contribution in [3.8, 4) is 5.75 Å². The Balaban J connectivity index is 1.76. The van der Waals surface area contributed by atoms with Crippen molar-refractivity contribution in [1.29, 1.82) is 0 Å². The van der Waals surface area contributed by atoms with Crippen LogP contribution in [0.2, 0.25) is 0 Å². The SMILES string of the molecule is Cc1ccc(OC[C@@H](O)CN2CCN(C)CC2)c(C)c1. The Kier molecular flexibility index (Phi) is 5.40. The highest BCUT2D eigenvalue weighted by Crippen LogP contribution is 2.18. The smallest absolute Gasteiger partial charge is 0.122 e. The van der Waals surface area contributed by atoms with Crippen LogP contribution in [0.15, 0.2) is 18.2 Å². The van der Waals surface area contributed by atoms with E-state index in [0.29, 0.717) is 13.2 Å². The molecule has 1 heterocycles. The molecule has 4 nitrogen and oxygen atoms in total. The zero-order valence-corrected chi connectivity index (χ0v) is 12.8. The summed E-state index contributed by atoms with van der Waals surface area (Å²) in [6, 6.07) is 6.12. The molecule has 0 bridgehead atoms. The Morgan fingerprint density at radius 1 is 1.20 bits per heavy atom. The monoisotopic (exact) mass is 278 g/mol. The molecule has 112 valence electrons. The molecule has 1 aliphatic rings. The molecule has 1 atom stereocenters. The Bertz CT molecular complexity index is 428. The average molecular weight is 278 g/mol. The van der Waals surface area contributed by atoms with Gasteiger partial charge in [0.15, 0.2) is 0 Å². The van der Waals surface area contributed by atoms with E-state index in [1.54, 1.807) is 0 Å². The maximum Gasteiger partial charge on any atom is 0.122 e. The Morgan fingerprint density at radius 3 is 2.55 bits per heavy atom. The molecule has 0 spiro atoms. The number of aliphatic hydroxyl groups excluding tert-OH is 1. The van der Waals surface area contributed by atoms with Crippen molar-refractivity contribution in [3.63, 3.8) is 0 Å². The number of hydrogen-bond donors (Lipinski definition) is 1. The highest BCUT2D eigenvalue weighted by molar-refractivity contribution is 5.35. The van der Waals surface area contributed by atoms with Gasteiger partial charge < -0.3 is 14.7 Å². The van der Waals surface area contributed by atoms with Crippen LogP contribution in [0.1, 0.15) is 11.1 Å². The number of rotatable bonds is 5. The molecular formula is C16H26N2O2. The third-order valence-corrected chi connectivity index (χ3v) is 3.83. The highest BCUT2D eigenvalue weighted by atomic mass is 16.5. The van der Waals surface area contributed by atoms with Crippen LogP contribution in [0.5, 0.6) is 5.75 Å². The molecule has 0 saturated carbocycles. The van der Waals surface area contributed by atoms with Crippen molar-refractivity contribution in [2.24, 2.45) is 0 Å². The summed E-state index contributed by atoms with van der Waals surface area (Å²) in [6.45, 7) is 9.35. The number of nitrogens with zero attached hydrogens (tertiary/aromatic N) is 2. The summed E-state index contributed by atoms with van der Waals surface area (Å²) in [7, 11) is 2.14. The minimum atomic E-state index is -0.431. The first-order chi connectivity index (χ1) is 9.54. The van der Waals surface area contributed by atoms with Gasteiger partial charge in [-0.15, -0.1) is 0 Å². The first kappa shape index (κ1) is 15.3. The molecule has 1 fully saturated rings. The fourth-order valence-electron chi connectivity index (χ4n) is 2.53. The van der Waals surface area contributed by atoms with Crippen LogP contribution in [-0.2, 0) is 0 Å². The third kappa shape index (κ3) is 4.47. The topological polar surface area (TPSA) is 35.9 Å². The quantitative estimate of drug-likeness (QED) is 0.880. The van der Waals surface area contributed by atoms with Gasteiger partial charge in [0.2, 0.25) is 0 Å². The number of piperazine rings is 1. The number of benzene rings is 1. The third-order valence-electron chi connectivity index (χ3n) is 3.83. The van der Waals surface area contributed by atoms with Crippen LogP contribution < -0.4 is 4.74 Å².